The number of anilines is 2. The van der Waals surface area contributed by atoms with E-state index in [1.54, 1.807) is 17.6 Å². The molecule has 0 fully saturated rings. The maximum Gasteiger partial charge on any atom is 0.307 e. The lowest BCUT2D eigenvalue weighted by Gasteiger charge is -2.15. The second-order valence-electron chi connectivity index (χ2n) is 8.64. The summed E-state index contributed by atoms with van der Waals surface area (Å²) in [7, 11) is 0. The number of aliphatic carboxylic acids is 1. The van der Waals surface area contributed by atoms with E-state index in [-0.39, 0.29) is 6.42 Å². The smallest absolute Gasteiger partial charge is 0.307 e. The van der Waals surface area contributed by atoms with E-state index in [0.717, 1.165) is 67.5 Å². The van der Waals surface area contributed by atoms with Gasteiger partial charge in [-0.3, -0.25) is 4.79 Å². The number of benzene rings is 2. The Hall–Kier alpha value is -4.23. The third-order valence-electron chi connectivity index (χ3n) is 6.14. The molecule has 5 aromatic rings. The van der Waals surface area contributed by atoms with Crippen LogP contribution in [0.4, 0.5) is 11.5 Å². The quantitative estimate of drug-likeness (QED) is 0.212. The number of aryl methyl sites for hydroxylation is 1. The van der Waals surface area contributed by atoms with Crippen LogP contribution in [-0.2, 0) is 24.1 Å². The molecule has 7 heteroatoms. The van der Waals surface area contributed by atoms with Gasteiger partial charge in [0.05, 0.1) is 17.6 Å². The molecule has 0 bridgehead atoms. The lowest BCUT2D eigenvalue weighted by atomic mass is 10.1. The van der Waals surface area contributed by atoms with Crippen molar-refractivity contribution in [3.05, 3.63) is 94.2 Å². The maximum atomic E-state index is 11.0. The summed E-state index contributed by atoms with van der Waals surface area (Å²) in [5.74, 6) is 0.633. The van der Waals surface area contributed by atoms with Gasteiger partial charge in [0.25, 0.3) is 0 Å². The van der Waals surface area contributed by atoms with Crippen LogP contribution in [0.3, 0.4) is 0 Å². The summed E-state index contributed by atoms with van der Waals surface area (Å²) >= 11 is 1.64. The molecule has 3 aromatic heterocycles. The van der Waals surface area contributed by atoms with Crippen LogP contribution in [-0.4, -0.2) is 21.0 Å². The van der Waals surface area contributed by atoms with E-state index in [1.165, 1.54) is 0 Å². The normalized spacial score (nSPS) is 11.4. The Labute approximate surface area is 219 Å². The van der Waals surface area contributed by atoms with Gasteiger partial charge in [0, 0.05) is 32.8 Å². The van der Waals surface area contributed by atoms with Gasteiger partial charge in [-0.1, -0.05) is 44.2 Å². The van der Waals surface area contributed by atoms with E-state index in [0.29, 0.717) is 5.82 Å². The number of para-hydroxylation sites is 1. The predicted molar refractivity (Wildman–Crippen MR) is 150 cm³/mol. The molecule has 0 amide bonds. The molecule has 0 aliphatic rings. The molecule has 0 atom stereocenters. The zero-order valence-electron chi connectivity index (χ0n) is 20.7. The summed E-state index contributed by atoms with van der Waals surface area (Å²) in [5.41, 5.74) is 5.65. The van der Waals surface area contributed by atoms with Crippen LogP contribution in [0.15, 0.2) is 71.3 Å². The second kappa shape index (κ2) is 10.8. The number of carboxylic acid groups (broad SMARTS) is 1. The molecular weight excluding hydrogens is 482 g/mol. The Bertz CT molecular complexity index is 1580. The first kappa shape index (κ1) is 24.5. The van der Waals surface area contributed by atoms with Gasteiger partial charge >= 0.3 is 5.97 Å². The molecule has 0 spiro atoms. The van der Waals surface area contributed by atoms with Gasteiger partial charge in [-0.05, 0) is 60.9 Å². The van der Waals surface area contributed by atoms with Crippen LogP contribution in [0, 0.1) is 0 Å². The van der Waals surface area contributed by atoms with E-state index in [1.807, 2.05) is 42.5 Å². The van der Waals surface area contributed by atoms with E-state index >= 15 is 0 Å². The first-order chi connectivity index (χ1) is 18.0. The maximum absolute atomic E-state index is 11.0. The number of carboxylic acids is 1. The van der Waals surface area contributed by atoms with Crippen LogP contribution in [0.5, 0.6) is 0 Å². The number of fused-ring (bicyclic) bond motifs is 1. The molecule has 0 aliphatic heterocycles. The Morgan fingerprint density at radius 2 is 1.81 bits per heavy atom. The number of carbonyl (C=O) groups is 1. The Kier molecular flexibility index (Phi) is 7.14. The number of hydrogen-bond acceptors (Lipinski definition) is 6. The average molecular weight is 510 g/mol. The number of nitrogens with zero attached hydrogens (tertiary/aromatic N) is 2. The molecule has 0 saturated heterocycles. The molecule has 2 aromatic carbocycles. The van der Waals surface area contributed by atoms with Gasteiger partial charge in [0.15, 0.2) is 5.82 Å². The lowest BCUT2D eigenvalue weighted by molar-refractivity contribution is -0.136. The number of thiophene rings is 1. The van der Waals surface area contributed by atoms with Crippen molar-refractivity contribution in [3.8, 4) is 10.7 Å². The van der Waals surface area contributed by atoms with Crippen molar-refractivity contribution >= 4 is 51.9 Å². The monoisotopic (exact) mass is 509 g/mol. The fourth-order valence-electron chi connectivity index (χ4n) is 4.29. The minimum Gasteiger partial charge on any atom is -0.481 e. The van der Waals surface area contributed by atoms with E-state index in [2.05, 4.69) is 49.5 Å². The first-order valence-corrected chi connectivity index (χ1v) is 13.1. The average Bonchev–Trinajstić information content (AvgIpc) is 3.55. The zero-order chi connectivity index (χ0) is 25.8. The van der Waals surface area contributed by atoms with Gasteiger partial charge in [0.2, 0.25) is 0 Å². The molecule has 0 saturated carbocycles. The standard InChI is InChI=1S/C30H27N3O3S/c1-3-23-25(4-2)32-30(33-29(23)31-21-12-9-19(10-13-21)17-28(34)35)27-16-15-22(37-27)14-11-20-18-36-26-8-6-5-7-24(20)26/h5-16,18H,3-4,17H2,1-2H3,(H,34,35)(H,31,32,33). The summed E-state index contributed by atoms with van der Waals surface area (Å²) in [4.78, 5) is 22.9. The van der Waals surface area contributed by atoms with Crippen molar-refractivity contribution in [1.82, 2.24) is 9.97 Å². The Morgan fingerprint density at radius 3 is 2.57 bits per heavy atom. The second-order valence-corrected chi connectivity index (χ2v) is 9.76. The fraction of sp³-hybridized carbons (Fsp3) is 0.167. The number of furan rings is 1. The van der Waals surface area contributed by atoms with Gasteiger partial charge in [-0.25, -0.2) is 9.97 Å². The molecule has 186 valence electrons. The molecule has 3 heterocycles. The SMILES string of the molecule is CCc1nc(-c2ccc(C=Cc3coc4ccccc34)s2)nc(Nc2ccc(CC(=O)O)cc2)c1CC. The van der Waals surface area contributed by atoms with Crippen molar-refractivity contribution in [2.24, 2.45) is 0 Å². The van der Waals surface area contributed by atoms with Crippen LogP contribution in [0.2, 0.25) is 0 Å². The zero-order valence-corrected chi connectivity index (χ0v) is 21.5. The van der Waals surface area contributed by atoms with E-state index in [4.69, 9.17) is 19.5 Å². The lowest BCUT2D eigenvalue weighted by Crippen LogP contribution is -2.07. The van der Waals surface area contributed by atoms with E-state index < -0.39 is 5.97 Å². The molecule has 2 N–H and O–H groups in total. The summed E-state index contributed by atoms with van der Waals surface area (Å²) in [6, 6.07) is 19.6. The van der Waals surface area contributed by atoms with Crippen LogP contribution >= 0.6 is 11.3 Å². The van der Waals surface area contributed by atoms with Gasteiger partial charge < -0.3 is 14.8 Å². The third kappa shape index (κ3) is 5.47. The molecule has 0 unspecified atom stereocenters. The summed E-state index contributed by atoms with van der Waals surface area (Å²) in [6.07, 6.45) is 7.55. The fourth-order valence-corrected chi connectivity index (χ4v) is 5.13. The van der Waals surface area contributed by atoms with Crippen LogP contribution in [0.25, 0.3) is 33.8 Å². The summed E-state index contributed by atoms with van der Waals surface area (Å²) < 4.78 is 5.64. The minimum atomic E-state index is -0.842. The number of aromatic nitrogens is 2. The van der Waals surface area contributed by atoms with Crippen molar-refractivity contribution in [2.75, 3.05) is 5.32 Å². The highest BCUT2D eigenvalue weighted by atomic mass is 32.1. The largest absolute Gasteiger partial charge is 0.481 e. The molecule has 37 heavy (non-hydrogen) atoms. The van der Waals surface area contributed by atoms with Crippen molar-refractivity contribution in [1.29, 1.82) is 0 Å². The van der Waals surface area contributed by atoms with E-state index in [9.17, 15) is 4.79 Å². The van der Waals surface area contributed by atoms with Crippen LogP contribution in [0.1, 0.15) is 41.1 Å². The summed E-state index contributed by atoms with van der Waals surface area (Å²) in [5, 5.41) is 13.6. The predicted octanol–water partition coefficient (Wildman–Crippen LogP) is 7.62. The highest BCUT2D eigenvalue weighted by Gasteiger charge is 2.15. The van der Waals surface area contributed by atoms with Crippen molar-refractivity contribution < 1.29 is 14.3 Å². The van der Waals surface area contributed by atoms with Crippen molar-refractivity contribution in [2.45, 2.75) is 33.1 Å². The number of nitrogens with one attached hydrogen (secondary N) is 1. The molecule has 0 aliphatic carbocycles. The third-order valence-corrected chi connectivity index (χ3v) is 7.18. The van der Waals surface area contributed by atoms with Gasteiger partial charge in [-0.2, -0.15) is 0 Å². The highest BCUT2D eigenvalue weighted by molar-refractivity contribution is 7.16. The molecule has 6 nitrogen and oxygen atoms in total. The van der Waals surface area contributed by atoms with Gasteiger partial charge in [-0.15, -0.1) is 11.3 Å². The minimum absolute atomic E-state index is 0.00407. The van der Waals surface area contributed by atoms with Crippen LogP contribution < -0.4 is 5.32 Å². The van der Waals surface area contributed by atoms with Gasteiger partial charge in [0.1, 0.15) is 11.4 Å². The Morgan fingerprint density at radius 1 is 1.00 bits per heavy atom. The Balaban J connectivity index is 1.42. The molecule has 5 rings (SSSR count). The number of hydrogen-bond donors (Lipinski definition) is 2. The molecular formula is C30H27N3O3S. The number of rotatable bonds is 9. The summed E-state index contributed by atoms with van der Waals surface area (Å²) in [6.45, 7) is 4.21. The first-order valence-electron chi connectivity index (χ1n) is 12.3. The molecule has 0 radical (unpaired) electrons. The topological polar surface area (TPSA) is 88.3 Å². The van der Waals surface area contributed by atoms with Crippen molar-refractivity contribution in [3.63, 3.8) is 0 Å². The highest BCUT2D eigenvalue weighted by Crippen LogP contribution is 2.32.